The molecule has 2 N–H and O–H groups in total. The summed E-state index contributed by atoms with van der Waals surface area (Å²) in [5.74, 6) is 1.09. The monoisotopic (exact) mass is 342 g/mol. The maximum atomic E-state index is 12.6. The van der Waals surface area contributed by atoms with Crippen LogP contribution in [0.25, 0.3) is 0 Å². The average molecular weight is 342 g/mol. The van der Waals surface area contributed by atoms with Gasteiger partial charge in [-0.25, -0.2) is 0 Å². The van der Waals surface area contributed by atoms with Gasteiger partial charge < -0.3 is 10.4 Å². The maximum absolute atomic E-state index is 12.6. The number of carbonyl (C=O) groups excluding carboxylic acids is 1. The molecule has 1 heterocycles. The van der Waals surface area contributed by atoms with Crippen molar-refractivity contribution in [2.24, 2.45) is 5.92 Å². The number of aromatic nitrogens is 1. The molecule has 1 aromatic heterocycles. The molecule has 0 spiro atoms. The van der Waals surface area contributed by atoms with Gasteiger partial charge in [0.25, 0.3) is 5.91 Å². The molecule has 1 aliphatic carbocycles. The van der Waals surface area contributed by atoms with E-state index in [-0.39, 0.29) is 18.6 Å². The summed E-state index contributed by atoms with van der Waals surface area (Å²) in [6, 6.07) is 11.5. The van der Waals surface area contributed by atoms with Crippen LogP contribution < -0.4 is 5.32 Å². The van der Waals surface area contributed by atoms with E-state index in [1.54, 1.807) is 18.0 Å². The van der Waals surface area contributed by atoms with Crippen molar-refractivity contribution in [3.05, 3.63) is 59.4 Å². The third kappa shape index (κ3) is 4.16. The minimum Gasteiger partial charge on any atom is -0.396 e. The Morgan fingerprint density at radius 1 is 1.33 bits per heavy atom. The number of thioether (sulfide) groups is 1. The van der Waals surface area contributed by atoms with Crippen LogP contribution in [0, 0.1) is 12.8 Å². The molecule has 3 rings (SSSR count). The van der Waals surface area contributed by atoms with Crippen LogP contribution in [0.1, 0.15) is 40.5 Å². The second kappa shape index (κ2) is 7.81. The van der Waals surface area contributed by atoms with Gasteiger partial charge in [0.15, 0.2) is 0 Å². The van der Waals surface area contributed by atoms with E-state index in [2.05, 4.69) is 10.3 Å². The number of hydrogen-bond donors (Lipinski definition) is 2. The minimum atomic E-state index is -0.0596. The van der Waals surface area contributed by atoms with Gasteiger partial charge in [0.2, 0.25) is 0 Å². The zero-order valence-electron chi connectivity index (χ0n) is 13.7. The number of aryl methyl sites for hydroxylation is 1. The predicted molar refractivity (Wildman–Crippen MR) is 96.2 cm³/mol. The molecule has 126 valence electrons. The molecule has 1 aliphatic rings. The third-order valence-corrected chi connectivity index (χ3v) is 5.19. The molecule has 2 aromatic rings. The Hall–Kier alpha value is -1.85. The summed E-state index contributed by atoms with van der Waals surface area (Å²) in [6.45, 7) is 2.19. The molecule has 1 unspecified atom stereocenters. The normalized spacial score (nSPS) is 15.1. The van der Waals surface area contributed by atoms with Gasteiger partial charge >= 0.3 is 0 Å². The Morgan fingerprint density at radius 3 is 2.71 bits per heavy atom. The van der Waals surface area contributed by atoms with E-state index in [1.807, 2.05) is 43.3 Å². The smallest absolute Gasteiger partial charge is 0.251 e. The van der Waals surface area contributed by atoms with Crippen molar-refractivity contribution in [1.82, 2.24) is 10.3 Å². The predicted octanol–water partition coefficient (Wildman–Crippen LogP) is 3.36. The number of nitrogens with one attached hydrogen (secondary N) is 1. The van der Waals surface area contributed by atoms with Crippen LogP contribution in [0.4, 0.5) is 0 Å². The quantitative estimate of drug-likeness (QED) is 0.758. The van der Waals surface area contributed by atoms with Crippen molar-refractivity contribution in [3.8, 4) is 0 Å². The van der Waals surface area contributed by atoms with Crippen LogP contribution in [0.3, 0.4) is 0 Å². The van der Waals surface area contributed by atoms with E-state index < -0.39 is 0 Å². The molecule has 24 heavy (non-hydrogen) atoms. The second-order valence-corrected chi connectivity index (χ2v) is 7.26. The van der Waals surface area contributed by atoms with Gasteiger partial charge in [0.1, 0.15) is 0 Å². The molecule has 1 aromatic carbocycles. The first-order valence-corrected chi connectivity index (χ1v) is 9.23. The van der Waals surface area contributed by atoms with Gasteiger partial charge in [-0.3, -0.25) is 9.78 Å². The molecule has 4 nitrogen and oxygen atoms in total. The van der Waals surface area contributed by atoms with Crippen molar-refractivity contribution < 1.29 is 9.90 Å². The summed E-state index contributed by atoms with van der Waals surface area (Å²) in [5.41, 5.74) is 2.75. The van der Waals surface area contributed by atoms with E-state index in [0.29, 0.717) is 17.2 Å². The van der Waals surface area contributed by atoms with Gasteiger partial charge in [-0.15, -0.1) is 11.8 Å². The first-order chi connectivity index (χ1) is 11.7. The summed E-state index contributed by atoms with van der Waals surface area (Å²) < 4.78 is 0. The van der Waals surface area contributed by atoms with E-state index in [0.717, 1.165) is 29.0 Å². The molecule has 1 amide bonds. The number of hydrogen-bond acceptors (Lipinski definition) is 4. The van der Waals surface area contributed by atoms with Crippen molar-refractivity contribution in [2.45, 2.75) is 30.7 Å². The summed E-state index contributed by atoms with van der Waals surface area (Å²) in [5, 5.41) is 12.0. The van der Waals surface area contributed by atoms with Crippen molar-refractivity contribution in [2.75, 3.05) is 12.4 Å². The fourth-order valence-electron chi connectivity index (χ4n) is 2.75. The highest BCUT2D eigenvalue weighted by Gasteiger charge is 2.35. The van der Waals surface area contributed by atoms with Crippen molar-refractivity contribution in [3.63, 3.8) is 0 Å². The van der Waals surface area contributed by atoms with Crippen LogP contribution in [-0.4, -0.2) is 28.4 Å². The molecule has 0 bridgehead atoms. The van der Waals surface area contributed by atoms with E-state index >= 15 is 0 Å². The lowest BCUT2D eigenvalue weighted by atomic mass is 10.0. The van der Waals surface area contributed by atoms with Crippen LogP contribution in [0.15, 0.2) is 47.5 Å². The lowest BCUT2D eigenvalue weighted by molar-refractivity contribution is 0.0930. The van der Waals surface area contributed by atoms with Crippen LogP contribution in [0.5, 0.6) is 0 Å². The molecule has 1 fully saturated rings. The number of benzene rings is 1. The Labute approximate surface area is 146 Å². The zero-order chi connectivity index (χ0) is 16.9. The van der Waals surface area contributed by atoms with Gasteiger partial charge in [0.05, 0.1) is 18.3 Å². The number of amides is 1. The van der Waals surface area contributed by atoms with Crippen LogP contribution in [0.2, 0.25) is 0 Å². The van der Waals surface area contributed by atoms with Crippen LogP contribution in [-0.2, 0) is 0 Å². The van der Waals surface area contributed by atoms with Crippen molar-refractivity contribution >= 4 is 17.7 Å². The highest BCUT2D eigenvalue weighted by atomic mass is 32.2. The fraction of sp³-hybridized carbons (Fsp3) is 0.368. The highest BCUT2D eigenvalue weighted by molar-refractivity contribution is 7.99. The van der Waals surface area contributed by atoms with Crippen molar-refractivity contribution in [1.29, 1.82) is 0 Å². The Morgan fingerprint density at radius 2 is 2.08 bits per heavy atom. The third-order valence-electron chi connectivity index (χ3n) is 4.20. The van der Waals surface area contributed by atoms with E-state index in [9.17, 15) is 4.79 Å². The Kier molecular flexibility index (Phi) is 5.53. The molecular formula is C19H22N2O2S. The number of rotatable bonds is 7. The molecular weight excluding hydrogens is 320 g/mol. The largest absolute Gasteiger partial charge is 0.396 e. The number of aliphatic hydroxyl groups is 1. The summed E-state index contributed by atoms with van der Waals surface area (Å²) in [6.07, 6.45) is 4.06. The molecule has 0 saturated heterocycles. The number of nitrogens with zero attached hydrogens (tertiary/aromatic N) is 1. The van der Waals surface area contributed by atoms with E-state index in [4.69, 9.17) is 5.11 Å². The lowest BCUT2D eigenvalue weighted by Crippen LogP contribution is -2.31. The average Bonchev–Trinajstić information content (AvgIpc) is 3.44. The molecule has 1 saturated carbocycles. The minimum absolute atomic E-state index is 0.0119. The number of carbonyl (C=O) groups is 1. The summed E-state index contributed by atoms with van der Waals surface area (Å²) in [4.78, 5) is 18.2. The SMILES string of the molecule is Cc1cccnc1C(NC(=O)c1ccc(SCCO)cc1)C1CC1. The Balaban J connectivity index is 1.71. The first-order valence-electron chi connectivity index (χ1n) is 8.25. The highest BCUT2D eigenvalue weighted by Crippen LogP contribution is 2.41. The van der Waals surface area contributed by atoms with E-state index in [1.165, 1.54) is 0 Å². The molecule has 0 aliphatic heterocycles. The molecule has 5 heteroatoms. The zero-order valence-corrected chi connectivity index (χ0v) is 14.6. The van der Waals surface area contributed by atoms with Gasteiger partial charge in [-0.05, 0) is 61.6 Å². The second-order valence-electron chi connectivity index (χ2n) is 6.09. The molecule has 1 atom stereocenters. The lowest BCUT2D eigenvalue weighted by Gasteiger charge is -2.19. The fourth-order valence-corrected chi connectivity index (χ4v) is 3.41. The number of aliphatic hydroxyl groups excluding tert-OH is 1. The first kappa shape index (κ1) is 17.0. The maximum Gasteiger partial charge on any atom is 0.251 e. The molecule has 0 radical (unpaired) electrons. The summed E-state index contributed by atoms with van der Waals surface area (Å²) in [7, 11) is 0. The van der Waals surface area contributed by atoms with Crippen LogP contribution >= 0.6 is 11.8 Å². The summed E-state index contributed by atoms with van der Waals surface area (Å²) >= 11 is 1.58. The topological polar surface area (TPSA) is 62.2 Å². The number of pyridine rings is 1. The van der Waals surface area contributed by atoms with Gasteiger partial charge in [-0.2, -0.15) is 0 Å². The Bertz CT molecular complexity index is 699. The van der Waals surface area contributed by atoms with Gasteiger partial charge in [-0.1, -0.05) is 6.07 Å². The standard InChI is InChI=1S/C19H22N2O2S/c1-13-3-2-10-20-17(13)18(14-4-5-14)21-19(23)15-6-8-16(9-7-15)24-12-11-22/h2-3,6-10,14,18,22H,4-5,11-12H2,1H3,(H,21,23). The van der Waals surface area contributed by atoms with Gasteiger partial charge in [0, 0.05) is 22.4 Å².